The fraction of sp³-hybridized carbons (Fsp3) is 0.333. The number of pyridine rings is 1. The number of aromatic nitrogens is 1. The van der Waals surface area contributed by atoms with Gasteiger partial charge in [-0.25, -0.2) is 4.98 Å². The van der Waals surface area contributed by atoms with Crippen LogP contribution in [0.25, 0.3) is 10.9 Å². The molecule has 3 aromatic rings. The van der Waals surface area contributed by atoms with Gasteiger partial charge in [-0.1, -0.05) is 11.6 Å². The molecule has 1 aliphatic carbocycles. The van der Waals surface area contributed by atoms with Crippen LogP contribution in [0.5, 0.6) is 5.75 Å². The molecule has 28 heavy (non-hydrogen) atoms. The van der Waals surface area contributed by atoms with Crippen LogP contribution in [0, 0.1) is 0 Å². The number of nitrogens with zero attached hydrogens (tertiary/aromatic N) is 1. The molecule has 5 rings (SSSR count). The molecule has 0 radical (unpaired) electrons. The zero-order chi connectivity index (χ0) is 19.3. The van der Waals surface area contributed by atoms with Crippen LogP contribution in [0.4, 0.5) is 5.00 Å². The van der Waals surface area contributed by atoms with E-state index in [4.69, 9.17) is 16.3 Å². The maximum Gasteiger partial charge on any atom is 0.256 e. The topological polar surface area (TPSA) is 63.2 Å². The molecule has 1 atom stereocenters. The molecule has 1 aromatic carbocycles. The van der Waals surface area contributed by atoms with E-state index in [-0.39, 0.29) is 5.91 Å². The lowest BCUT2D eigenvalue weighted by molar-refractivity contribution is 0.0935. The lowest BCUT2D eigenvalue weighted by atomic mass is 9.94. The third kappa shape index (κ3) is 2.91. The highest BCUT2D eigenvalue weighted by Crippen LogP contribution is 2.42. The molecule has 2 aliphatic rings. The summed E-state index contributed by atoms with van der Waals surface area (Å²) < 4.78 is 5.60. The predicted octanol–water partition coefficient (Wildman–Crippen LogP) is 5.08. The zero-order valence-corrected chi connectivity index (χ0v) is 17.0. The summed E-state index contributed by atoms with van der Waals surface area (Å²) in [6, 6.07) is 7.71. The minimum absolute atomic E-state index is 0.0302. The number of thiophene rings is 1. The molecule has 0 fully saturated rings. The van der Waals surface area contributed by atoms with E-state index >= 15 is 0 Å². The number of hydrogen-bond donors (Lipinski definition) is 2. The molecule has 0 spiro atoms. The summed E-state index contributed by atoms with van der Waals surface area (Å²) in [5.74, 6) is 0.760. The third-order valence-electron chi connectivity index (χ3n) is 5.34. The van der Waals surface area contributed by atoms with E-state index in [1.807, 2.05) is 31.2 Å². The normalized spacial score (nSPS) is 18.2. The average molecular weight is 414 g/mol. The number of benzene rings is 1. The largest absolute Gasteiger partial charge is 0.494 e. The first kappa shape index (κ1) is 17.8. The van der Waals surface area contributed by atoms with Crippen molar-refractivity contribution in [3.63, 3.8) is 0 Å². The van der Waals surface area contributed by atoms with E-state index in [2.05, 4.69) is 15.6 Å². The fourth-order valence-electron chi connectivity index (χ4n) is 4.04. The Morgan fingerprint density at radius 2 is 2.11 bits per heavy atom. The standard InChI is InChI=1S/C21H20ClN3O2S/c1-2-27-12-7-8-15-11(9-12)10-14(18(22)23-15)19-24-20(26)17-13-5-3-4-6-16(13)28-21(17)25-19/h7-10,19,25H,2-6H2,1H3,(H,24,26)/t19-/m0/s1. The van der Waals surface area contributed by atoms with Crippen molar-refractivity contribution in [1.29, 1.82) is 0 Å². The van der Waals surface area contributed by atoms with Crippen molar-refractivity contribution in [2.45, 2.75) is 38.8 Å². The minimum atomic E-state index is -0.403. The Kier molecular flexibility index (Phi) is 4.40. The van der Waals surface area contributed by atoms with Gasteiger partial charge in [0.2, 0.25) is 0 Å². The Balaban J connectivity index is 1.54. The van der Waals surface area contributed by atoms with Crippen LogP contribution < -0.4 is 15.4 Å². The summed E-state index contributed by atoms with van der Waals surface area (Å²) in [7, 11) is 0. The summed E-state index contributed by atoms with van der Waals surface area (Å²) in [6.45, 7) is 2.56. The molecule has 0 saturated carbocycles. The van der Waals surface area contributed by atoms with Gasteiger partial charge in [-0.05, 0) is 62.4 Å². The average Bonchev–Trinajstić information content (AvgIpc) is 3.07. The molecular weight excluding hydrogens is 394 g/mol. The number of carbonyl (C=O) groups is 1. The minimum Gasteiger partial charge on any atom is -0.494 e. The molecular formula is C21H20ClN3O2S. The number of nitrogens with one attached hydrogen (secondary N) is 2. The number of ether oxygens (including phenoxy) is 1. The van der Waals surface area contributed by atoms with E-state index in [0.717, 1.165) is 52.0 Å². The second kappa shape index (κ2) is 6.94. The van der Waals surface area contributed by atoms with Crippen molar-refractivity contribution in [2.24, 2.45) is 0 Å². The van der Waals surface area contributed by atoms with E-state index in [1.165, 1.54) is 16.9 Å². The SMILES string of the molecule is CCOc1ccc2nc(Cl)c([C@H]3NC(=O)c4c(sc5c4CCCC5)N3)cc2c1. The number of carbonyl (C=O) groups excluding carboxylic acids is 1. The van der Waals surface area contributed by atoms with E-state index in [1.54, 1.807) is 11.3 Å². The first-order chi connectivity index (χ1) is 13.6. The Bertz CT molecular complexity index is 1090. The third-order valence-corrected chi connectivity index (χ3v) is 6.86. The lowest BCUT2D eigenvalue weighted by Gasteiger charge is -2.27. The highest BCUT2D eigenvalue weighted by Gasteiger charge is 2.33. The maximum atomic E-state index is 12.9. The van der Waals surface area contributed by atoms with Gasteiger partial charge in [-0.2, -0.15) is 0 Å². The second-order valence-electron chi connectivity index (χ2n) is 7.12. The summed E-state index contributed by atoms with van der Waals surface area (Å²) in [5.41, 5.74) is 3.60. The second-order valence-corrected chi connectivity index (χ2v) is 8.58. The molecule has 3 heterocycles. The summed E-state index contributed by atoms with van der Waals surface area (Å²) in [6.07, 6.45) is 3.99. The Labute approximate surface area is 172 Å². The summed E-state index contributed by atoms with van der Waals surface area (Å²) in [4.78, 5) is 18.7. The first-order valence-electron chi connectivity index (χ1n) is 9.59. The Morgan fingerprint density at radius 3 is 2.96 bits per heavy atom. The van der Waals surface area contributed by atoms with Crippen LogP contribution in [-0.2, 0) is 12.8 Å². The van der Waals surface area contributed by atoms with E-state index < -0.39 is 6.17 Å². The molecule has 1 aliphatic heterocycles. The number of aryl methyl sites for hydroxylation is 1. The number of rotatable bonds is 3. The number of halogens is 1. The van der Waals surface area contributed by atoms with Crippen LogP contribution in [0.2, 0.25) is 5.15 Å². The van der Waals surface area contributed by atoms with Gasteiger partial charge in [0.05, 0.1) is 17.7 Å². The highest BCUT2D eigenvalue weighted by atomic mass is 35.5. The molecule has 144 valence electrons. The van der Waals surface area contributed by atoms with Gasteiger partial charge >= 0.3 is 0 Å². The number of hydrogen-bond acceptors (Lipinski definition) is 5. The van der Waals surface area contributed by atoms with Gasteiger partial charge in [0.25, 0.3) is 5.91 Å². The van der Waals surface area contributed by atoms with Gasteiger partial charge < -0.3 is 15.4 Å². The highest BCUT2D eigenvalue weighted by molar-refractivity contribution is 7.16. The zero-order valence-electron chi connectivity index (χ0n) is 15.5. The fourth-order valence-corrected chi connectivity index (χ4v) is 5.61. The van der Waals surface area contributed by atoms with Gasteiger partial charge in [0.15, 0.2) is 0 Å². The quantitative estimate of drug-likeness (QED) is 0.587. The van der Waals surface area contributed by atoms with Crippen molar-refractivity contribution in [2.75, 3.05) is 11.9 Å². The molecule has 5 nitrogen and oxygen atoms in total. The van der Waals surface area contributed by atoms with Crippen LogP contribution in [0.3, 0.4) is 0 Å². The van der Waals surface area contributed by atoms with E-state index in [0.29, 0.717) is 11.8 Å². The van der Waals surface area contributed by atoms with Crippen molar-refractivity contribution in [3.05, 3.63) is 51.0 Å². The van der Waals surface area contributed by atoms with Crippen molar-refractivity contribution in [3.8, 4) is 5.75 Å². The summed E-state index contributed by atoms with van der Waals surface area (Å²) in [5, 5.41) is 8.81. The molecule has 0 unspecified atom stereocenters. The van der Waals surface area contributed by atoms with Crippen molar-refractivity contribution >= 4 is 44.7 Å². The van der Waals surface area contributed by atoms with E-state index in [9.17, 15) is 4.79 Å². The smallest absolute Gasteiger partial charge is 0.256 e. The van der Waals surface area contributed by atoms with Crippen LogP contribution in [0.15, 0.2) is 24.3 Å². The first-order valence-corrected chi connectivity index (χ1v) is 10.8. The Morgan fingerprint density at radius 1 is 1.25 bits per heavy atom. The van der Waals surface area contributed by atoms with Crippen LogP contribution in [-0.4, -0.2) is 17.5 Å². The predicted molar refractivity (Wildman–Crippen MR) is 113 cm³/mol. The van der Waals surface area contributed by atoms with Gasteiger partial charge in [0.1, 0.15) is 22.1 Å². The molecule has 2 aromatic heterocycles. The molecule has 2 N–H and O–H groups in total. The Hall–Kier alpha value is -2.31. The van der Waals surface area contributed by atoms with Gasteiger partial charge in [0, 0.05) is 15.8 Å². The maximum absolute atomic E-state index is 12.9. The number of fused-ring (bicyclic) bond motifs is 4. The van der Waals surface area contributed by atoms with Crippen LogP contribution in [0.1, 0.15) is 52.3 Å². The van der Waals surface area contributed by atoms with Gasteiger partial charge in [-0.15, -0.1) is 11.3 Å². The summed E-state index contributed by atoms with van der Waals surface area (Å²) >= 11 is 8.19. The van der Waals surface area contributed by atoms with Crippen LogP contribution >= 0.6 is 22.9 Å². The van der Waals surface area contributed by atoms with Crippen molar-refractivity contribution in [1.82, 2.24) is 10.3 Å². The van der Waals surface area contributed by atoms with Crippen molar-refractivity contribution < 1.29 is 9.53 Å². The number of anilines is 1. The molecule has 7 heteroatoms. The molecule has 0 bridgehead atoms. The van der Waals surface area contributed by atoms with Gasteiger partial charge in [-0.3, -0.25) is 4.79 Å². The lowest BCUT2D eigenvalue weighted by Crippen LogP contribution is -2.38. The molecule has 0 saturated heterocycles. The molecule has 1 amide bonds. The number of amides is 1. The monoisotopic (exact) mass is 413 g/mol.